The number of hydrogen-bond donors (Lipinski definition) is 5. The van der Waals surface area contributed by atoms with Crippen LogP contribution in [-0.2, 0) is 27.3 Å². The van der Waals surface area contributed by atoms with Gasteiger partial charge in [0.2, 0.25) is 5.89 Å². The van der Waals surface area contributed by atoms with Crippen LogP contribution in [0.1, 0.15) is 34.3 Å². The number of hydrogen-bond acceptors (Lipinski definition) is 9. The molecule has 0 bridgehead atoms. The lowest BCUT2D eigenvalue weighted by Gasteiger charge is -2.22. The number of oxazole rings is 1. The van der Waals surface area contributed by atoms with Crippen LogP contribution >= 0.6 is 15.9 Å². The lowest BCUT2D eigenvalue weighted by atomic mass is 9.86. The number of ketones is 1. The molecule has 5 rings (SSSR count). The maximum absolute atomic E-state index is 15.1. The number of fused-ring (bicyclic) bond motifs is 1. The Kier molecular flexibility index (Phi) is 10.4. The topological polar surface area (TPSA) is 194 Å². The van der Waals surface area contributed by atoms with E-state index in [1.165, 1.54) is 12.1 Å². The van der Waals surface area contributed by atoms with Gasteiger partial charge in [-0.3, -0.25) is 14.4 Å². The number of methoxy groups -OCH3 is 1. The minimum atomic E-state index is -2.35. The number of benzene rings is 4. The van der Waals surface area contributed by atoms with E-state index < -0.39 is 41.9 Å². The molecular weight excluding hydrogens is 703 g/mol. The predicted octanol–water partition coefficient (Wildman–Crippen LogP) is 6.03. The maximum Gasteiger partial charge on any atom is 0.331 e. The number of Topliss-reactive ketones (excluding diaryl/α,β-unsaturated/α-hetero) is 1. The number of anilines is 2. The first-order chi connectivity index (χ1) is 23.4. The van der Waals surface area contributed by atoms with Crippen molar-refractivity contribution in [3.05, 3.63) is 106 Å². The number of nitrogens with one attached hydrogen (secondary N) is 2. The summed E-state index contributed by atoms with van der Waals surface area (Å²) in [6.45, 7) is 0.308. The molecule has 252 valence electrons. The molecule has 14 heteroatoms. The highest BCUT2D eigenvalue weighted by molar-refractivity contribution is 9.10. The Morgan fingerprint density at radius 2 is 1.71 bits per heavy atom. The van der Waals surface area contributed by atoms with E-state index in [2.05, 4.69) is 31.5 Å². The summed E-state index contributed by atoms with van der Waals surface area (Å²) in [6.07, 6.45) is -1.50. The third-order valence-electron chi connectivity index (χ3n) is 7.75. The van der Waals surface area contributed by atoms with Gasteiger partial charge in [0.05, 0.1) is 17.3 Å². The first-order valence-electron chi connectivity index (χ1n) is 14.8. The second-order valence-corrected chi connectivity index (χ2v) is 12.0. The van der Waals surface area contributed by atoms with Crippen LogP contribution < -0.4 is 21.1 Å². The summed E-state index contributed by atoms with van der Waals surface area (Å²) in [5.74, 6) is -3.81. The van der Waals surface area contributed by atoms with Gasteiger partial charge in [-0.05, 0) is 94.1 Å². The molecular formula is C35H30BrFN4O8. The molecule has 0 saturated carbocycles. The molecule has 0 spiro atoms. The third kappa shape index (κ3) is 8.11. The second-order valence-electron chi connectivity index (χ2n) is 11.1. The number of nitrogens with zero attached hydrogens (tertiary/aromatic N) is 1. The summed E-state index contributed by atoms with van der Waals surface area (Å²) in [6, 6.07) is 21.2. The van der Waals surface area contributed by atoms with Crippen molar-refractivity contribution in [1.82, 2.24) is 4.98 Å². The van der Waals surface area contributed by atoms with Gasteiger partial charge in [0.1, 0.15) is 17.1 Å². The average Bonchev–Trinajstić information content (AvgIpc) is 3.50. The van der Waals surface area contributed by atoms with Crippen molar-refractivity contribution in [2.75, 3.05) is 17.7 Å². The molecule has 6 N–H and O–H groups in total. The largest absolute Gasteiger partial charge is 0.496 e. The van der Waals surface area contributed by atoms with Crippen LogP contribution in [0.3, 0.4) is 0 Å². The van der Waals surface area contributed by atoms with E-state index in [0.717, 1.165) is 5.56 Å². The van der Waals surface area contributed by atoms with Gasteiger partial charge in [-0.1, -0.05) is 18.2 Å². The molecule has 0 aliphatic rings. The summed E-state index contributed by atoms with van der Waals surface area (Å²) in [5.41, 5.74) is 7.05. The fourth-order valence-electron chi connectivity index (χ4n) is 4.92. The zero-order chi connectivity index (χ0) is 35.3. The number of carbonyl (C=O) groups is 4. The molecule has 0 radical (unpaired) electrons. The maximum atomic E-state index is 15.1. The van der Waals surface area contributed by atoms with Crippen molar-refractivity contribution in [1.29, 1.82) is 0 Å². The van der Waals surface area contributed by atoms with E-state index >= 15 is 4.39 Å². The average molecular weight is 734 g/mol. The van der Waals surface area contributed by atoms with E-state index in [4.69, 9.17) is 20.0 Å². The van der Waals surface area contributed by atoms with Gasteiger partial charge < -0.3 is 35.7 Å². The third-order valence-corrected chi connectivity index (χ3v) is 8.37. The number of carbonyl (C=O) groups excluding carboxylic acids is 2. The summed E-state index contributed by atoms with van der Waals surface area (Å²) >= 11 is 3.37. The molecule has 0 saturated heterocycles. The smallest absolute Gasteiger partial charge is 0.331 e. The molecule has 1 amide bonds. The van der Waals surface area contributed by atoms with Crippen LogP contribution in [0.15, 0.2) is 87.8 Å². The number of aliphatic carboxylic acids is 2. The Morgan fingerprint density at radius 1 is 0.980 bits per heavy atom. The van der Waals surface area contributed by atoms with E-state index in [0.29, 0.717) is 50.2 Å². The summed E-state index contributed by atoms with van der Waals surface area (Å²) in [5, 5.41) is 24.3. The zero-order valence-corrected chi connectivity index (χ0v) is 27.5. The number of rotatable bonds is 14. The van der Waals surface area contributed by atoms with E-state index in [1.54, 1.807) is 61.7 Å². The number of amides is 1. The molecule has 1 atom stereocenters. The van der Waals surface area contributed by atoms with Gasteiger partial charge in [-0.25, -0.2) is 14.2 Å². The highest BCUT2D eigenvalue weighted by atomic mass is 79.9. The SMILES string of the molecule is COc1ccc(C(=O)Nc2ccc(CNc3ccc(-c4nc5cc(CC(=O)[C@@](N)(CCC(=O)O)C(=O)O)ccc5o4)cc3F)cc2)cc1Br. The van der Waals surface area contributed by atoms with Gasteiger partial charge in [-0.15, -0.1) is 0 Å². The molecule has 0 aliphatic heterocycles. The lowest BCUT2D eigenvalue weighted by molar-refractivity contribution is -0.149. The second kappa shape index (κ2) is 14.7. The van der Waals surface area contributed by atoms with Gasteiger partial charge in [0.25, 0.3) is 5.91 Å². The van der Waals surface area contributed by atoms with Crippen LogP contribution in [0.25, 0.3) is 22.6 Å². The van der Waals surface area contributed by atoms with Gasteiger partial charge in [0, 0.05) is 36.2 Å². The van der Waals surface area contributed by atoms with Gasteiger partial charge in [-0.2, -0.15) is 0 Å². The molecule has 4 aromatic carbocycles. The minimum absolute atomic E-state index is 0.128. The number of ether oxygens (including phenoxy) is 1. The van der Waals surface area contributed by atoms with Crippen molar-refractivity contribution in [2.24, 2.45) is 5.73 Å². The summed E-state index contributed by atoms with van der Waals surface area (Å²) in [4.78, 5) is 52.4. The molecule has 0 unspecified atom stereocenters. The van der Waals surface area contributed by atoms with Crippen LogP contribution in [-0.4, -0.2) is 51.5 Å². The first kappa shape index (κ1) is 34.7. The Hall–Kier alpha value is -5.60. The minimum Gasteiger partial charge on any atom is -0.496 e. The van der Waals surface area contributed by atoms with Crippen LogP contribution in [0, 0.1) is 5.82 Å². The van der Waals surface area contributed by atoms with Crippen LogP contribution in [0.4, 0.5) is 15.8 Å². The molecule has 0 aliphatic carbocycles. The standard InChI is InChI=1S/C35H30BrFN4O8/c1-48-28-11-6-21(16-24(28)36)32(45)40-23-7-2-19(3-8-23)18-39-26-9-5-22(17-25(26)37)33-41-27-14-20(4-10-29(27)49-33)15-30(42)35(38,34(46)47)13-12-31(43)44/h2-11,14,16-17,39H,12-13,15,18,38H2,1H3,(H,40,45)(H,43,44)(H,46,47)/t35-/m0/s1. The van der Waals surface area contributed by atoms with Crippen molar-refractivity contribution in [2.45, 2.75) is 31.3 Å². The number of aromatic nitrogens is 1. The van der Waals surface area contributed by atoms with Crippen molar-refractivity contribution >= 4 is 62.0 Å². The van der Waals surface area contributed by atoms with E-state index in [-0.39, 0.29) is 23.9 Å². The highest BCUT2D eigenvalue weighted by Crippen LogP contribution is 2.29. The van der Waals surface area contributed by atoms with Gasteiger partial charge in [0.15, 0.2) is 16.9 Å². The number of nitrogens with two attached hydrogens (primary N) is 1. The summed E-state index contributed by atoms with van der Waals surface area (Å²) in [7, 11) is 1.54. The normalized spacial score (nSPS) is 12.2. The quantitative estimate of drug-likeness (QED) is 0.0837. The zero-order valence-electron chi connectivity index (χ0n) is 26.0. The van der Waals surface area contributed by atoms with Crippen molar-refractivity contribution < 1.29 is 42.9 Å². The molecule has 12 nitrogen and oxygen atoms in total. The Morgan fingerprint density at radius 3 is 2.37 bits per heavy atom. The van der Waals surface area contributed by atoms with Crippen LogP contribution in [0.5, 0.6) is 5.75 Å². The predicted molar refractivity (Wildman–Crippen MR) is 182 cm³/mol. The van der Waals surface area contributed by atoms with E-state index in [9.17, 15) is 24.3 Å². The number of halogens is 2. The Bertz CT molecular complexity index is 2070. The fourth-order valence-corrected chi connectivity index (χ4v) is 5.47. The Labute approximate surface area is 287 Å². The van der Waals surface area contributed by atoms with Crippen molar-refractivity contribution in [3.8, 4) is 17.2 Å². The molecule has 49 heavy (non-hydrogen) atoms. The summed E-state index contributed by atoms with van der Waals surface area (Å²) < 4.78 is 26.8. The van der Waals surface area contributed by atoms with Crippen LogP contribution in [0.2, 0.25) is 0 Å². The number of carboxylic acids is 2. The monoisotopic (exact) mass is 732 g/mol. The highest BCUT2D eigenvalue weighted by Gasteiger charge is 2.41. The van der Waals surface area contributed by atoms with E-state index in [1.807, 2.05) is 12.1 Å². The Balaban J connectivity index is 1.20. The molecule has 1 aromatic heterocycles. The van der Waals surface area contributed by atoms with Gasteiger partial charge >= 0.3 is 11.9 Å². The lowest BCUT2D eigenvalue weighted by Crippen LogP contribution is -2.55. The van der Waals surface area contributed by atoms with Crippen molar-refractivity contribution in [3.63, 3.8) is 0 Å². The fraction of sp³-hybridized carbons (Fsp3) is 0.171. The first-order valence-corrected chi connectivity index (χ1v) is 15.6. The molecule has 0 fully saturated rings. The molecule has 1 heterocycles. The number of carboxylic acid groups (broad SMARTS) is 2. The molecule has 5 aromatic rings.